The van der Waals surface area contributed by atoms with Gasteiger partial charge in [0.05, 0.1) is 7.11 Å². The summed E-state index contributed by atoms with van der Waals surface area (Å²) < 4.78 is 4.79. The van der Waals surface area contributed by atoms with Gasteiger partial charge in [-0.1, -0.05) is 12.2 Å². The van der Waals surface area contributed by atoms with Gasteiger partial charge in [-0.25, -0.2) is 9.97 Å². The quantitative estimate of drug-likeness (QED) is 0.749. The predicted octanol–water partition coefficient (Wildman–Crippen LogP) is 0.374. The highest BCUT2D eigenvalue weighted by Crippen LogP contribution is 2.03. The van der Waals surface area contributed by atoms with Gasteiger partial charge in [-0.2, -0.15) is 0 Å². The van der Waals surface area contributed by atoms with Crippen molar-refractivity contribution in [3.05, 3.63) is 24.0 Å². The van der Waals surface area contributed by atoms with Crippen LogP contribution >= 0.6 is 0 Å². The molecule has 0 atom stereocenters. The molecular formula is C9H11N3O2. The minimum Gasteiger partial charge on any atom is -0.467 e. The van der Waals surface area contributed by atoms with Crippen molar-refractivity contribution in [2.75, 3.05) is 7.11 Å². The predicted molar refractivity (Wildman–Crippen MR) is 51.4 cm³/mol. The molecular weight excluding hydrogens is 182 g/mol. The third kappa shape index (κ3) is 3.22. The Morgan fingerprint density at radius 1 is 1.57 bits per heavy atom. The number of primary amides is 1. The highest BCUT2D eigenvalue weighted by atomic mass is 16.5. The second-order valence-corrected chi connectivity index (χ2v) is 2.58. The summed E-state index contributed by atoms with van der Waals surface area (Å²) in [7, 11) is 1.50. The number of hydrogen-bond donors (Lipinski definition) is 1. The van der Waals surface area contributed by atoms with Crippen molar-refractivity contribution in [1.82, 2.24) is 9.97 Å². The van der Waals surface area contributed by atoms with Crippen LogP contribution in [0.4, 0.5) is 0 Å². The second kappa shape index (κ2) is 4.96. The SMILES string of the molecule is COc1ncc(C=CCC(N)=O)cn1. The Labute approximate surface area is 81.6 Å². The Morgan fingerprint density at radius 2 is 2.21 bits per heavy atom. The van der Waals surface area contributed by atoms with Gasteiger partial charge in [-0.3, -0.25) is 4.79 Å². The lowest BCUT2D eigenvalue weighted by atomic mass is 10.3. The first-order valence-corrected chi connectivity index (χ1v) is 4.03. The van der Waals surface area contributed by atoms with E-state index in [-0.39, 0.29) is 12.3 Å². The Bertz CT molecular complexity index is 332. The van der Waals surface area contributed by atoms with Crippen molar-refractivity contribution >= 4 is 12.0 Å². The zero-order valence-corrected chi connectivity index (χ0v) is 7.80. The molecule has 1 aromatic rings. The number of aromatic nitrogens is 2. The highest BCUT2D eigenvalue weighted by Gasteiger charge is 1.93. The van der Waals surface area contributed by atoms with Gasteiger partial charge in [0, 0.05) is 24.4 Å². The number of ether oxygens (including phenoxy) is 1. The molecule has 74 valence electrons. The molecule has 2 N–H and O–H groups in total. The topological polar surface area (TPSA) is 78.1 Å². The number of carbonyl (C=O) groups is 1. The summed E-state index contributed by atoms with van der Waals surface area (Å²) in [6, 6.07) is 0.317. The molecule has 0 aliphatic heterocycles. The number of nitrogens with two attached hydrogens (primary N) is 1. The van der Waals surface area contributed by atoms with E-state index in [9.17, 15) is 4.79 Å². The molecule has 0 saturated heterocycles. The number of nitrogens with zero attached hydrogens (tertiary/aromatic N) is 2. The molecule has 14 heavy (non-hydrogen) atoms. The molecule has 1 rings (SSSR count). The fourth-order valence-corrected chi connectivity index (χ4v) is 0.829. The smallest absolute Gasteiger partial charge is 0.316 e. The third-order valence-electron chi connectivity index (χ3n) is 1.46. The molecule has 0 unspecified atom stereocenters. The maximum absolute atomic E-state index is 10.4. The van der Waals surface area contributed by atoms with E-state index in [1.165, 1.54) is 7.11 Å². The van der Waals surface area contributed by atoms with Crippen LogP contribution in [0.5, 0.6) is 6.01 Å². The first kappa shape index (κ1) is 10.2. The number of amides is 1. The van der Waals surface area contributed by atoms with E-state index < -0.39 is 0 Å². The van der Waals surface area contributed by atoms with E-state index >= 15 is 0 Å². The van der Waals surface area contributed by atoms with Gasteiger partial charge in [0.2, 0.25) is 5.91 Å². The Hall–Kier alpha value is -1.91. The average molecular weight is 193 g/mol. The normalized spacial score (nSPS) is 10.4. The van der Waals surface area contributed by atoms with Crippen LogP contribution in [0, 0.1) is 0 Å². The standard InChI is InChI=1S/C9H11N3O2/c1-14-9-11-5-7(6-12-9)3-2-4-8(10)13/h2-3,5-6H,4H2,1H3,(H2,10,13). The lowest BCUT2D eigenvalue weighted by Crippen LogP contribution is -2.07. The molecule has 1 heterocycles. The van der Waals surface area contributed by atoms with Crippen LogP contribution in [0.15, 0.2) is 18.5 Å². The molecule has 5 heteroatoms. The molecule has 0 aliphatic carbocycles. The van der Waals surface area contributed by atoms with E-state index in [0.29, 0.717) is 6.01 Å². The number of hydrogen-bond acceptors (Lipinski definition) is 4. The van der Waals surface area contributed by atoms with Gasteiger partial charge in [-0.05, 0) is 0 Å². The maximum atomic E-state index is 10.4. The summed E-state index contributed by atoms with van der Waals surface area (Å²) in [6.45, 7) is 0. The van der Waals surface area contributed by atoms with E-state index in [2.05, 4.69) is 9.97 Å². The lowest BCUT2D eigenvalue weighted by Gasteiger charge is -1.96. The largest absolute Gasteiger partial charge is 0.467 e. The van der Waals surface area contributed by atoms with Crippen molar-refractivity contribution in [2.45, 2.75) is 6.42 Å². The van der Waals surface area contributed by atoms with Crippen LogP contribution in [0.1, 0.15) is 12.0 Å². The fourth-order valence-electron chi connectivity index (χ4n) is 0.829. The van der Waals surface area contributed by atoms with Crippen molar-refractivity contribution < 1.29 is 9.53 Å². The fraction of sp³-hybridized carbons (Fsp3) is 0.222. The minimum absolute atomic E-state index is 0.214. The summed E-state index contributed by atoms with van der Waals surface area (Å²) in [4.78, 5) is 18.2. The first-order valence-electron chi connectivity index (χ1n) is 4.03. The van der Waals surface area contributed by atoms with Gasteiger partial charge in [0.1, 0.15) is 0 Å². The van der Waals surface area contributed by atoms with Crippen LogP contribution in [0.25, 0.3) is 6.08 Å². The van der Waals surface area contributed by atoms with Gasteiger partial charge in [-0.15, -0.1) is 0 Å². The first-order chi connectivity index (χ1) is 6.72. The van der Waals surface area contributed by atoms with E-state index in [0.717, 1.165) is 5.56 Å². The van der Waals surface area contributed by atoms with Crippen LogP contribution in [-0.2, 0) is 4.79 Å². The minimum atomic E-state index is -0.365. The Balaban J connectivity index is 2.59. The molecule has 0 fully saturated rings. The lowest BCUT2D eigenvalue weighted by molar-refractivity contribution is -0.117. The summed E-state index contributed by atoms with van der Waals surface area (Å²) in [5, 5.41) is 0. The summed E-state index contributed by atoms with van der Waals surface area (Å²) in [5.74, 6) is -0.365. The van der Waals surface area contributed by atoms with E-state index in [4.69, 9.17) is 10.5 Å². The van der Waals surface area contributed by atoms with Crippen molar-refractivity contribution in [3.63, 3.8) is 0 Å². The molecule has 0 bridgehead atoms. The number of carbonyl (C=O) groups excluding carboxylic acids is 1. The highest BCUT2D eigenvalue weighted by molar-refractivity contribution is 5.76. The van der Waals surface area contributed by atoms with Crippen LogP contribution in [0.3, 0.4) is 0 Å². The van der Waals surface area contributed by atoms with Gasteiger partial charge < -0.3 is 10.5 Å². The molecule has 0 aromatic carbocycles. The monoisotopic (exact) mass is 193 g/mol. The zero-order chi connectivity index (χ0) is 10.4. The molecule has 1 amide bonds. The van der Waals surface area contributed by atoms with E-state index in [1.807, 2.05) is 0 Å². The van der Waals surface area contributed by atoms with Gasteiger partial charge in [0.15, 0.2) is 0 Å². The van der Waals surface area contributed by atoms with Crippen molar-refractivity contribution in [2.24, 2.45) is 5.73 Å². The summed E-state index contributed by atoms with van der Waals surface area (Å²) in [5.41, 5.74) is 5.76. The maximum Gasteiger partial charge on any atom is 0.316 e. The van der Waals surface area contributed by atoms with E-state index in [1.54, 1.807) is 24.5 Å². The number of rotatable bonds is 4. The summed E-state index contributed by atoms with van der Waals surface area (Å²) >= 11 is 0. The van der Waals surface area contributed by atoms with Crippen molar-refractivity contribution in [3.8, 4) is 6.01 Å². The average Bonchev–Trinajstić information content (AvgIpc) is 2.18. The molecule has 0 saturated carbocycles. The molecule has 5 nitrogen and oxygen atoms in total. The Kier molecular flexibility index (Phi) is 3.60. The van der Waals surface area contributed by atoms with Gasteiger partial charge >= 0.3 is 6.01 Å². The molecule has 0 aliphatic rings. The van der Waals surface area contributed by atoms with Crippen LogP contribution in [-0.4, -0.2) is 23.0 Å². The van der Waals surface area contributed by atoms with Gasteiger partial charge in [0.25, 0.3) is 0 Å². The molecule has 1 aromatic heterocycles. The molecule has 0 radical (unpaired) electrons. The summed E-state index contributed by atoms with van der Waals surface area (Å²) in [6.07, 6.45) is 6.80. The second-order valence-electron chi connectivity index (χ2n) is 2.58. The number of methoxy groups -OCH3 is 1. The third-order valence-corrected chi connectivity index (χ3v) is 1.46. The molecule has 0 spiro atoms. The Morgan fingerprint density at radius 3 is 2.71 bits per heavy atom. The van der Waals surface area contributed by atoms with Crippen LogP contribution < -0.4 is 10.5 Å². The van der Waals surface area contributed by atoms with Crippen molar-refractivity contribution in [1.29, 1.82) is 0 Å². The van der Waals surface area contributed by atoms with Crippen LogP contribution in [0.2, 0.25) is 0 Å². The zero-order valence-electron chi connectivity index (χ0n) is 7.80.